The molecule has 1 aromatic carbocycles. The Balaban J connectivity index is 0.00000180. The van der Waals surface area contributed by atoms with E-state index in [4.69, 9.17) is 0 Å². The normalized spacial score (nSPS) is 21.9. The van der Waals surface area contributed by atoms with Gasteiger partial charge in [-0.1, -0.05) is 0 Å². The van der Waals surface area contributed by atoms with Gasteiger partial charge in [-0.3, -0.25) is 4.79 Å². The van der Waals surface area contributed by atoms with Gasteiger partial charge in [0.1, 0.15) is 12.0 Å². The summed E-state index contributed by atoms with van der Waals surface area (Å²) >= 11 is 2.74. The molecule has 19 heavy (non-hydrogen) atoms. The molecule has 1 fully saturated rings. The van der Waals surface area contributed by atoms with Gasteiger partial charge in [-0.15, -0.1) is 12.4 Å². The maximum Gasteiger partial charge on any atom is 0.241 e. The van der Waals surface area contributed by atoms with Gasteiger partial charge in [-0.2, -0.15) is 0 Å². The number of carbonyl (C=O) groups is 1. The highest BCUT2D eigenvalue weighted by Gasteiger charge is 2.29. The van der Waals surface area contributed by atoms with E-state index in [1.807, 2.05) is 0 Å². The van der Waals surface area contributed by atoms with Crippen LogP contribution in [-0.2, 0) is 4.79 Å². The van der Waals surface area contributed by atoms with Gasteiger partial charge < -0.3 is 10.6 Å². The number of halogens is 5. The quantitative estimate of drug-likeness (QED) is 0.797. The molecule has 0 radical (unpaired) electrons. The topological polar surface area (TPSA) is 41.1 Å². The maximum absolute atomic E-state index is 13.6. The van der Waals surface area contributed by atoms with E-state index in [1.54, 1.807) is 0 Å². The molecule has 1 amide bonds. The van der Waals surface area contributed by atoms with Crippen molar-refractivity contribution in [3.63, 3.8) is 0 Å². The summed E-state index contributed by atoms with van der Waals surface area (Å²) < 4.78 is 39.1. The minimum atomic E-state index is -1.08. The van der Waals surface area contributed by atoms with Crippen molar-refractivity contribution in [2.45, 2.75) is 18.6 Å². The number of nitrogens with one attached hydrogen (secondary N) is 2. The van der Waals surface area contributed by atoms with Crippen molar-refractivity contribution < 1.29 is 18.0 Å². The third kappa shape index (κ3) is 3.61. The summed E-state index contributed by atoms with van der Waals surface area (Å²) in [5.74, 6) is -2.18. The van der Waals surface area contributed by atoms with Crippen molar-refractivity contribution in [1.82, 2.24) is 5.32 Å². The van der Waals surface area contributed by atoms with E-state index in [0.29, 0.717) is 0 Å². The monoisotopic (exact) mass is 358 g/mol. The molecule has 1 aliphatic heterocycles. The van der Waals surface area contributed by atoms with Crippen LogP contribution in [-0.4, -0.2) is 24.7 Å². The zero-order valence-electron chi connectivity index (χ0n) is 9.55. The van der Waals surface area contributed by atoms with Crippen LogP contribution in [0.15, 0.2) is 16.6 Å². The molecule has 1 aromatic rings. The molecule has 3 nitrogen and oxygen atoms in total. The van der Waals surface area contributed by atoms with Crippen LogP contribution in [0.2, 0.25) is 0 Å². The van der Waals surface area contributed by atoms with Gasteiger partial charge >= 0.3 is 0 Å². The number of alkyl halides is 1. The van der Waals surface area contributed by atoms with E-state index in [1.165, 1.54) is 0 Å². The fourth-order valence-electron chi connectivity index (χ4n) is 1.73. The summed E-state index contributed by atoms with van der Waals surface area (Å²) in [5, 5.41) is 4.98. The summed E-state index contributed by atoms with van der Waals surface area (Å²) in [6, 6.07) is 1.46. The molecule has 8 heteroatoms. The largest absolute Gasteiger partial charge is 0.322 e. The molecular weight excluding hydrogens is 348 g/mol. The minimum absolute atomic E-state index is 0. The lowest BCUT2D eigenvalue weighted by Crippen LogP contribution is -2.35. The Hall–Kier alpha value is -0.790. The highest BCUT2D eigenvalue weighted by molar-refractivity contribution is 9.10. The number of amides is 1. The van der Waals surface area contributed by atoms with Gasteiger partial charge in [0.25, 0.3) is 0 Å². The first-order valence-electron chi connectivity index (χ1n) is 5.31. The molecule has 1 saturated heterocycles. The zero-order valence-corrected chi connectivity index (χ0v) is 12.0. The van der Waals surface area contributed by atoms with Crippen LogP contribution in [0.5, 0.6) is 0 Å². The van der Waals surface area contributed by atoms with Crippen molar-refractivity contribution in [3.05, 3.63) is 28.2 Å². The molecule has 0 saturated carbocycles. The van der Waals surface area contributed by atoms with Crippen LogP contribution >= 0.6 is 28.3 Å². The SMILES string of the molecule is Cl.O=C(Nc1ccc(F)c(Br)c1F)C1CC(F)CN1. The fourth-order valence-corrected chi connectivity index (χ4v) is 2.08. The first-order valence-corrected chi connectivity index (χ1v) is 6.10. The number of benzene rings is 1. The molecule has 0 spiro atoms. The van der Waals surface area contributed by atoms with E-state index in [9.17, 15) is 18.0 Å². The van der Waals surface area contributed by atoms with Gasteiger partial charge in [-0.25, -0.2) is 13.2 Å². The molecule has 2 atom stereocenters. The maximum atomic E-state index is 13.6. The van der Waals surface area contributed by atoms with Gasteiger partial charge in [0.2, 0.25) is 5.91 Å². The van der Waals surface area contributed by atoms with Crippen LogP contribution in [0.4, 0.5) is 18.9 Å². The number of rotatable bonds is 2. The smallest absolute Gasteiger partial charge is 0.241 e. The first-order chi connectivity index (χ1) is 8.49. The Morgan fingerprint density at radius 3 is 2.68 bits per heavy atom. The fraction of sp³-hybridized carbons (Fsp3) is 0.364. The van der Waals surface area contributed by atoms with Crippen molar-refractivity contribution in [3.8, 4) is 0 Å². The van der Waals surface area contributed by atoms with E-state index >= 15 is 0 Å². The van der Waals surface area contributed by atoms with Crippen molar-refractivity contribution >= 4 is 39.9 Å². The highest BCUT2D eigenvalue weighted by Crippen LogP contribution is 2.26. The third-order valence-electron chi connectivity index (χ3n) is 2.69. The Morgan fingerprint density at radius 2 is 2.11 bits per heavy atom. The lowest BCUT2D eigenvalue weighted by Gasteiger charge is -2.12. The third-order valence-corrected chi connectivity index (χ3v) is 3.41. The second-order valence-corrected chi connectivity index (χ2v) is 4.80. The standard InChI is InChI=1S/C11H10BrF3N2O.ClH/c12-9-6(14)1-2-7(10(9)15)17-11(18)8-3-5(13)4-16-8;/h1-2,5,8,16H,3-4H2,(H,17,18);1H. The van der Waals surface area contributed by atoms with Crippen molar-refractivity contribution in [2.75, 3.05) is 11.9 Å². The first kappa shape index (κ1) is 16.3. The highest BCUT2D eigenvalue weighted by atomic mass is 79.9. The average Bonchev–Trinajstić information content (AvgIpc) is 2.77. The molecule has 0 aliphatic carbocycles. The molecular formula is C11H11BrClF3N2O. The molecule has 1 aliphatic rings. The summed E-state index contributed by atoms with van der Waals surface area (Å²) in [6.07, 6.45) is -1.03. The summed E-state index contributed by atoms with van der Waals surface area (Å²) in [4.78, 5) is 11.7. The van der Waals surface area contributed by atoms with E-state index in [0.717, 1.165) is 12.1 Å². The minimum Gasteiger partial charge on any atom is -0.322 e. The summed E-state index contributed by atoms with van der Waals surface area (Å²) in [6.45, 7) is 0.105. The van der Waals surface area contributed by atoms with Crippen molar-refractivity contribution in [1.29, 1.82) is 0 Å². The predicted molar refractivity (Wildman–Crippen MR) is 71.2 cm³/mol. The summed E-state index contributed by atoms with van der Waals surface area (Å²) in [7, 11) is 0. The second-order valence-electron chi connectivity index (χ2n) is 4.01. The Kier molecular flexibility index (Phi) is 5.64. The zero-order chi connectivity index (χ0) is 13.3. The van der Waals surface area contributed by atoms with E-state index in [2.05, 4.69) is 26.6 Å². The van der Waals surface area contributed by atoms with Crippen LogP contribution in [0, 0.1) is 11.6 Å². The molecule has 0 bridgehead atoms. The van der Waals surface area contributed by atoms with E-state index < -0.39 is 29.8 Å². The van der Waals surface area contributed by atoms with E-state index in [-0.39, 0.29) is 35.5 Å². The molecule has 2 N–H and O–H groups in total. The average molecular weight is 360 g/mol. The van der Waals surface area contributed by atoms with Crippen LogP contribution in [0.25, 0.3) is 0 Å². The van der Waals surface area contributed by atoms with Crippen LogP contribution < -0.4 is 10.6 Å². The Labute approximate surface area is 122 Å². The molecule has 0 aromatic heterocycles. The van der Waals surface area contributed by atoms with Gasteiger partial charge in [0.15, 0.2) is 5.82 Å². The predicted octanol–water partition coefficient (Wildman–Crippen LogP) is 2.79. The van der Waals surface area contributed by atoms with Gasteiger partial charge in [0, 0.05) is 13.0 Å². The Morgan fingerprint density at radius 1 is 1.42 bits per heavy atom. The van der Waals surface area contributed by atoms with Gasteiger partial charge in [0.05, 0.1) is 16.2 Å². The molecule has 2 rings (SSSR count). The Bertz CT molecular complexity index is 489. The molecule has 2 unspecified atom stereocenters. The number of carbonyl (C=O) groups excluding carboxylic acids is 1. The lowest BCUT2D eigenvalue weighted by molar-refractivity contribution is -0.117. The summed E-state index contributed by atoms with van der Waals surface area (Å²) in [5.41, 5.74) is -0.141. The molecule has 1 heterocycles. The lowest BCUT2D eigenvalue weighted by atomic mass is 10.2. The van der Waals surface area contributed by atoms with Gasteiger partial charge in [-0.05, 0) is 28.1 Å². The van der Waals surface area contributed by atoms with Crippen LogP contribution in [0.3, 0.4) is 0 Å². The second kappa shape index (κ2) is 6.58. The number of hydrogen-bond acceptors (Lipinski definition) is 2. The number of anilines is 1. The van der Waals surface area contributed by atoms with Crippen LogP contribution in [0.1, 0.15) is 6.42 Å². The van der Waals surface area contributed by atoms with Crippen molar-refractivity contribution in [2.24, 2.45) is 0 Å². The number of hydrogen-bond donors (Lipinski definition) is 2. The molecule has 106 valence electrons.